The first kappa shape index (κ1) is 12.2. The lowest BCUT2D eigenvalue weighted by Gasteiger charge is -2.47. The van der Waals surface area contributed by atoms with E-state index >= 15 is 0 Å². The molecule has 3 rings (SSSR count). The van der Waals surface area contributed by atoms with Crippen molar-refractivity contribution in [3.63, 3.8) is 0 Å². The molecule has 0 bridgehead atoms. The Balaban J connectivity index is 1.73. The number of ether oxygens (including phenoxy) is 1. The number of aromatic nitrogens is 3. The molecule has 1 N–H and O–H groups in total. The first-order chi connectivity index (χ1) is 9.07. The van der Waals surface area contributed by atoms with Crippen molar-refractivity contribution < 1.29 is 9.84 Å². The quantitative estimate of drug-likeness (QED) is 0.913. The zero-order valence-corrected chi connectivity index (χ0v) is 11.0. The van der Waals surface area contributed by atoms with Crippen molar-refractivity contribution in [1.29, 1.82) is 0 Å². The number of aliphatic hydroxyl groups excluding tert-OH is 1. The number of rotatable bonds is 3. The number of aliphatic hydroxyl groups is 1. The summed E-state index contributed by atoms with van der Waals surface area (Å²) in [5, 5.41) is 14.0. The Morgan fingerprint density at radius 3 is 2.68 bits per heavy atom. The number of nitrogens with zero attached hydrogens (tertiary/aromatic N) is 3. The van der Waals surface area contributed by atoms with Gasteiger partial charge in [-0.1, -0.05) is 32.0 Å². The van der Waals surface area contributed by atoms with Crippen molar-refractivity contribution in [3.8, 4) is 11.7 Å². The second-order valence-electron chi connectivity index (χ2n) is 5.49. The normalized spacial score (nSPS) is 24.8. The summed E-state index contributed by atoms with van der Waals surface area (Å²) >= 11 is 0. The standard InChI is InChI=1S/C14H17N3O2/c1-14(2)11(18)8-12(14)19-13-15-9-17(16-13)10-6-4-3-5-7-10/h3-7,9,11-12,18H,8H2,1-2H3. The van der Waals surface area contributed by atoms with Gasteiger partial charge in [0, 0.05) is 11.8 Å². The third-order valence-corrected chi connectivity index (χ3v) is 3.87. The molecule has 5 nitrogen and oxygen atoms in total. The number of hydrogen-bond acceptors (Lipinski definition) is 4. The van der Waals surface area contributed by atoms with Crippen LogP contribution in [0.5, 0.6) is 6.01 Å². The topological polar surface area (TPSA) is 60.2 Å². The van der Waals surface area contributed by atoms with E-state index in [1.54, 1.807) is 11.0 Å². The fraction of sp³-hybridized carbons (Fsp3) is 0.429. The monoisotopic (exact) mass is 259 g/mol. The lowest BCUT2D eigenvalue weighted by molar-refractivity contribution is -0.137. The van der Waals surface area contributed by atoms with Gasteiger partial charge in [-0.25, -0.2) is 4.68 Å². The highest BCUT2D eigenvalue weighted by Crippen LogP contribution is 2.42. The molecule has 1 aliphatic rings. The summed E-state index contributed by atoms with van der Waals surface area (Å²) in [7, 11) is 0. The van der Waals surface area contributed by atoms with Crippen molar-refractivity contribution >= 4 is 0 Å². The summed E-state index contributed by atoms with van der Waals surface area (Å²) in [6.07, 6.45) is 1.92. The second kappa shape index (κ2) is 4.35. The third-order valence-electron chi connectivity index (χ3n) is 3.87. The molecule has 2 atom stereocenters. The lowest BCUT2D eigenvalue weighted by Crippen LogP contribution is -2.56. The molecule has 1 saturated carbocycles. The average molecular weight is 259 g/mol. The van der Waals surface area contributed by atoms with Crippen molar-refractivity contribution in [2.45, 2.75) is 32.5 Å². The molecule has 0 aliphatic heterocycles. The summed E-state index contributed by atoms with van der Waals surface area (Å²) in [4.78, 5) is 4.15. The SMILES string of the molecule is CC1(C)C(O)CC1Oc1ncn(-c2ccccc2)n1. The molecular weight excluding hydrogens is 242 g/mol. The minimum atomic E-state index is -0.311. The molecule has 2 aromatic rings. The van der Waals surface area contributed by atoms with E-state index in [1.807, 2.05) is 44.2 Å². The molecule has 1 aromatic carbocycles. The highest BCUT2D eigenvalue weighted by molar-refractivity contribution is 5.29. The van der Waals surface area contributed by atoms with E-state index < -0.39 is 0 Å². The Hall–Kier alpha value is -1.88. The van der Waals surface area contributed by atoms with Gasteiger partial charge in [-0.15, -0.1) is 5.10 Å². The smallest absolute Gasteiger partial charge is 0.336 e. The van der Waals surface area contributed by atoms with Gasteiger partial charge in [-0.05, 0) is 12.1 Å². The molecule has 0 amide bonds. The van der Waals surface area contributed by atoms with Gasteiger partial charge >= 0.3 is 6.01 Å². The van der Waals surface area contributed by atoms with Gasteiger partial charge in [0.2, 0.25) is 0 Å². The van der Waals surface area contributed by atoms with Crippen LogP contribution in [0.3, 0.4) is 0 Å². The number of hydrogen-bond donors (Lipinski definition) is 1. The van der Waals surface area contributed by atoms with E-state index in [9.17, 15) is 5.11 Å². The minimum Gasteiger partial charge on any atom is -0.458 e. The molecular formula is C14H17N3O2. The van der Waals surface area contributed by atoms with Gasteiger partial charge < -0.3 is 9.84 Å². The van der Waals surface area contributed by atoms with Crippen LogP contribution in [0.1, 0.15) is 20.3 Å². The van der Waals surface area contributed by atoms with Crippen molar-refractivity contribution in [2.24, 2.45) is 5.41 Å². The molecule has 100 valence electrons. The first-order valence-electron chi connectivity index (χ1n) is 6.39. The summed E-state index contributed by atoms with van der Waals surface area (Å²) in [6, 6.07) is 10.1. The zero-order chi connectivity index (χ0) is 13.5. The van der Waals surface area contributed by atoms with E-state index in [0.717, 1.165) is 5.69 Å². The molecule has 0 spiro atoms. The van der Waals surface area contributed by atoms with Gasteiger partial charge in [0.1, 0.15) is 12.4 Å². The molecule has 1 aromatic heterocycles. The van der Waals surface area contributed by atoms with Crippen molar-refractivity contribution in [3.05, 3.63) is 36.7 Å². The lowest BCUT2D eigenvalue weighted by atomic mass is 9.66. The van der Waals surface area contributed by atoms with Crippen LogP contribution in [0.2, 0.25) is 0 Å². The Morgan fingerprint density at radius 2 is 2.05 bits per heavy atom. The zero-order valence-electron chi connectivity index (χ0n) is 11.0. The molecule has 1 heterocycles. The van der Waals surface area contributed by atoms with Crippen LogP contribution in [0.25, 0.3) is 5.69 Å². The molecule has 2 unspecified atom stereocenters. The molecule has 1 aliphatic carbocycles. The maximum Gasteiger partial charge on any atom is 0.336 e. The van der Waals surface area contributed by atoms with Crippen molar-refractivity contribution in [2.75, 3.05) is 0 Å². The highest BCUT2D eigenvalue weighted by atomic mass is 16.5. The number of benzene rings is 1. The van der Waals surface area contributed by atoms with Gasteiger partial charge in [0.15, 0.2) is 0 Å². The molecule has 1 fully saturated rings. The fourth-order valence-corrected chi connectivity index (χ4v) is 2.20. The van der Waals surface area contributed by atoms with Gasteiger partial charge in [0.25, 0.3) is 0 Å². The molecule has 0 saturated heterocycles. The minimum absolute atomic E-state index is 0.0332. The van der Waals surface area contributed by atoms with Crippen LogP contribution >= 0.6 is 0 Å². The van der Waals surface area contributed by atoms with Crippen LogP contribution in [0.15, 0.2) is 36.7 Å². The van der Waals surface area contributed by atoms with E-state index in [4.69, 9.17) is 4.74 Å². The molecule has 5 heteroatoms. The van der Waals surface area contributed by atoms with Crippen LogP contribution in [-0.2, 0) is 0 Å². The van der Waals surface area contributed by atoms with Crippen LogP contribution < -0.4 is 4.74 Å². The van der Waals surface area contributed by atoms with Gasteiger partial charge in [-0.3, -0.25) is 0 Å². The third kappa shape index (κ3) is 2.10. The van der Waals surface area contributed by atoms with Crippen LogP contribution in [0.4, 0.5) is 0 Å². The maximum atomic E-state index is 9.68. The van der Waals surface area contributed by atoms with Crippen molar-refractivity contribution in [1.82, 2.24) is 14.8 Å². The Bertz CT molecular complexity index is 565. The van der Waals surface area contributed by atoms with E-state index in [-0.39, 0.29) is 17.6 Å². The second-order valence-corrected chi connectivity index (χ2v) is 5.49. The average Bonchev–Trinajstić information content (AvgIpc) is 2.88. The van der Waals surface area contributed by atoms with E-state index in [0.29, 0.717) is 12.4 Å². The van der Waals surface area contributed by atoms with Crippen LogP contribution in [0, 0.1) is 5.41 Å². The maximum absolute atomic E-state index is 9.68. The predicted octanol–water partition coefficient (Wildman–Crippen LogP) is 1.81. The predicted molar refractivity (Wildman–Crippen MR) is 70.2 cm³/mol. The fourth-order valence-electron chi connectivity index (χ4n) is 2.20. The highest BCUT2D eigenvalue weighted by Gasteiger charge is 2.49. The van der Waals surface area contributed by atoms with E-state index in [1.165, 1.54) is 0 Å². The molecule has 0 radical (unpaired) electrons. The number of para-hydroxylation sites is 1. The largest absolute Gasteiger partial charge is 0.458 e. The Morgan fingerprint density at radius 1 is 1.32 bits per heavy atom. The summed E-state index contributed by atoms with van der Waals surface area (Å²) < 4.78 is 7.41. The Labute approximate surface area is 111 Å². The summed E-state index contributed by atoms with van der Waals surface area (Å²) in [5.41, 5.74) is 0.704. The summed E-state index contributed by atoms with van der Waals surface area (Å²) in [6.45, 7) is 3.97. The summed E-state index contributed by atoms with van der Waals surface area (Å²) in [5.74, 6) is 0. The molecule has 19 heavy (non-hydrogen) atoms. The van der Waals surface area contributed by atoms with E-state index in [2.05, 4.69) is 10.1 Å². The Kier molecular flexibility index (Phi) is 2.78. The van der Waals surface area contributed by atoms with Crippen LogP contribution in [-0.4, -0.2) is 32.1 Å². The first-order valence-corrected chi connectivity index (χ1v) is 6.39. The van der Waals surface area contributed by atoms with Gasteiger partial charge in [0.05, 0.1) is 11.8 Å². The van der Waals surface area contributed by atoms with Gasteiger partial charge in [-0.2, -0.15) is 4.98 Å².